The van der Waals surface area contributed by atoms with Crippen molar-refractivity contribution in [1.29, 1.82) is 0 Å². The SMILES string of the molecule is CCOc1cccc(-c2n[nH]c(=S)n2/N=C\C(C)=C\c2ccco2)c1. The second kappa shape index (κ2) is 7.76. The predicted molar refractivity (Wildman–Crippen MR) is 100 cm³/mol. The molecular weight excluding hydrogens is 336 g/mol. The number of H-pyrrole nitrogens is 1. The zero-order chi connectivity index (χ0) is 17.6. The molecule has 0 fully saturated rings. The van der Waals surface area contributed by atoms with Gasteiger partial charge in [-0.3, -0.25) is 0 Å². The number of hydrogen-bond acceptors (Lipinski definition) is 5. The number of ether oxygens (including phenoxy) is 1. The van der Waals surface area contributed by atoms with E-state index in [0.717, 1.165) is 22.6 Å². The Balaban J connectivity index is 1.91. The molecule has 0 unspecified atom stereocenters. The Kier molecular flexibility index (Phi) is 5.25. The van der Waals surface area contributed by atoms with Crippen molar-refractivity contribution in [1.82, 2.24) is 14.9 Å². The normalized spacial score (nSPS) is 12.0. The molecule has 3 aromatic rings. The van der Waals surface area contributed by atoms with Crippen LogP contribution in [-0.4, -0.2) is 27.7 Å². The third-order valence-corrected chi connectivity index (χ3v) is 3.61. The summed E-state index contributed by atoms with van der Waals surface area (Å²) in [7, 11) is 0. The summed E-state index contributed by atoms with van der Waals surface area (Å²) in [5, 5.41) is 11.5. The lowest BCUT2D eigenvalue weighted by Gasteiger charge is -2.05. The van der Waals surface area contributed by atoms with Crippen LogP contribution < -0.4 is 4.74 Å². The van der Waals surface area contributed by atoms with Crippen LogP contribution in [0.25, 0.3) is 17.5 Å². The number of nitrogens with zero attached hydrogens (tertiary/aromatic N) is 3. The third kappa shape index (κ3) is 4.13. The van der Waals surface area contributed by atoms with Crippen LogP contribution in [0.2, 0.25) is 0 Å². The Morgan fingerprint density at radius 1 is 1.40 bits per heavy atom. The molecule has 0 spiro atoms. The number of hydrogen-bond donors (Lipinski definition) is 1. The molecule has 0 saturated carbocycles. The first-order valence-electron chi connectivity index (χ1n) is 7.84. The van der Waals surface area contributed by atoms with Crippen LogP contribution in [0.15, 0.2) is 57.8 Å². The van der Waals surface area contributed by atoms with E-state index in [-0.39, 0.29) is 0 Å². The highest BCUT2D eigenvalue weighted by Gasteiger charge is 2.09. The van der Waals surface area contributed by atoms with E-state index in [1.54, 1.807) is 17.2 Å². The van der Waals surface area contributed by atoms with Crippen LogP contribution in [0, 0.1) is 4.77 Å². The van der Waals surface area contributed by atoms with Crippen molar-refractivity contribution in [3.05, 3.63) is 58.8 Å². The van der Waals surface area contributed by atoms with Gasteiger partial charge in [0.15, 0.2) is 5.82 Å². The standard InChI is InChI=1S/C18H18N4O2S/c1-3-23-16-7-4-6-14(11-16)17-20-21-18(25)22(17)19-12-13(2)10-15-8-5-9-24-15/h4-12H,3H2,1-2H3,(H,21,25)/b13-10+,19-12-. The first-order valence-corrected chi connectivity index (χ1v) is 8.25. The van der Waals surface area contributed by atoms with Gasteiger partial charge in [0.05, 0.1) is 19.1 Å². The monoisotopic (exact) mass is 354 g/mol. The summed E-state index contributed by atoms with van der Waals surface area (Å²) >= 11 is 5.29. The summed E-state index contributed by atoms with van der Waals surface area (Å²) in [5.74, 6) is 2.16. The molecule has 0 atom stereocenters. The number of aromatic amines is 1. The first-order chi connectivity index (χ1) is 12.2. The lowest BCUT2D eigenvalue weighted by atomic mass is 10.2. The lowest BCUT2D eigenvalue weighted by molar-refractivity contribution is 0.340. The van der Waals surface area contributed by atoms with Crippen LogP contribution in [0.1, 0.15) is 19.6 Å². The smallest absolute Gasteiger partial charge is 0.216 e. The number of nitrogens with one attached hydrogen (secondary N) is 1. The van der Waals surface area contributed by atoms with Crippen molar-refractivity contribution in [3.63, 3.8) is 0 Å². The molecular formula is C18H18N4O2S. The van der Waals surface area contributed by atoms with Gasteiger partial charge in [-0.05, 0) is 62.0 Å². The van der Waals surface area contributed by atoms with Crippen molar-refractivity contribution in [3.8, 4) is 17.1 Å². The molecule has 1 aromatic carbocycles. The number of rotatable bonds is 6. The van der Waals surface area contributed by atoms with E-state index in [4.69, 9.17) is 21.4 Å². The molecule has 1 N–H and O–H groups in total. The lowest BCUT2D eigenvalue weighted by Crippen LogP contribution is -1.96. The highest BCUT2D eigenvalue weighted by molar-refractivity contribution is 7.71. The summed E-state index contributed by atoms with van der Waals surface area (Å²) in [6.45, 7) is 4.48. The van der Waals surface area contributed by atoms with E-state index in [0.29, 0.717) is 17.2 Å². The minimum absolute atomic E-state index is 0.416. The molecule has 0 bridgehead atoms. The molecule has 3 rings (SSSR count). The molecule has 0 radical (unpaired) electrons. The first kappa shape index (κ1) is 16.9. The molecule has 0 aliphatic carbocycles. The van der Waals surface area contributed by atoms with Crippen LogP contribution in [0.3, 0.4) is 0 Å². The van der Waals surface area contributed by atoms with Gasteiger partial charge < -0.3 is 9.15 Å². The molecule has 0 saturated heterocycles. The Labute approximate surface area is 150 Å². The fourth-order valence-electron chi connectivity index (χ4n) is 2.26. The van der Waals surface area contributed by atoms with Gasteiger partial charge in [0.1, 0.15) is 11.5 Å². The van der Waals surface area contributed by atoms with Crippen molar-refractivity contribution in [2.45, 2.75) is 13.8 Å². The number of benzene rings is 1. The molecule has 128 valence electrons. The maximum Gasteiger partial charge on any atom is 0.216 e. The third-order valence-electron chi connectivity index (χ3n) is 3.34. The average molecular weight is 354 g/mol. The van der Waals surface area contributed by atoms with Crippen LogP contribution in [0.4, 0.5) is 0 Å². The maximum absolute atomic E-state index is 5.54. The minimum Gasteiger partial charge on any atom is -0.494 e. The van der Waals surface area contributed by atoms with E-state index in [2.05, 4.69) is 15.3 Å². The van der Waals surface area contributed by atoms with Crippen molar-refractivity contribution < 1.29 is 9.15 Å². The zero-order valence-electron chi connectivity index (χ0n) is 14.0. The Morgan fingerprint density at radius 2 is 2.28 bits per heavy atom. The van der Waals surface area contributed by atoms with Gasteiger partial charge in [-0.25, -0.2) is 5.10 Å². The van der Waals surface area contributed by atoms with E-state index in [1.807, 2.05) is 56.3 Å². The van der Waals surface area contributed by atoms with Crippen LogP contribution in [0.5, 0.6) is 5.75 Å². The molecule has 2 heterocycles. The molecule has 7 heteroatoms. The van der Waals surface area contributed by atoms with Gasteiger partial charge >= 0.3 is 0 Å². The van der Waals surface area contributed by atoms with Gasteiger partial charge in [0.25, 0.3) is 0 Å². The minimum atomic E-state index is 0.416. The van der Waals surface area contributed by atoms with Crippen molar-refractivity contribution in [2.75, 3.05) is 6.61 Å². The molecule has 0 aliphatic rings. The van der Waals surface area contributed by atoms with Crippen LogP contribution in [-0.2, 0) is 0 Å². The van der Waals surface area contributed by atoms with E-state index in [1.165, 1.54) is 0 Å². The second-order valence-electron chi connectivity index (χ2n) is 5.27. The highest BCUT2D eigenvalue weighted by Crippen LogP contribution is 2.22. The van der Waals surface area contributed by atoms with E-state index >= 15 is 0 Å². The summed E-state index contributed by atoms with van der Waals surface area (Å²) in [6.07, 6.45) is 5.23. The van der Waals surface area contributed by atoms with Crippen LogP contribution >= 0.6 is 12.2 Å². The highest BCUT2D eigenvalue weighted by atomic mass is 32.1. The van der Waals surface area contributed by atoms with Gasteiger partial charge in [0, 0.05) is 5.56 Å². The Bertz CT molecular complexity index is 952. The van der Waals surface area contributed by atoms with E-state index < -0.39 is 0 Å². The number of aromatic nitrogens is 3. The molecule has 6 nitrogen and oxygen atoms in total. The largest absolute Gasteiger partial charge is 0.494 e. The van der Waals surface area contributed by atoms with Gasteiger partial charge in [-0.1, -0.05) is 12.1 Å². The van der Waals surface area contributed by atoms with Gasteiger partial charge in [-0.15, -0.1) is 0 Å². The van der Waals surface area contributed by atoms with Crippen molar-refractivity contribution >= 4 is 24.5 Å². The topological polar surface area (TPSA) is 68.3 Å². The fourth-order valence-corrected chi connectivity index (χ4v) is 2.44. The van der Waals surface area contributed by atoms with Gasteiger partial charge in [-0.2, -0.15) is 14.9 Å². The molecule has 0 amide bonds. The number of furan rings is 1. The van der Waals surface area contributed by atoms with Crippen molar-refractivity contribution in [2.24, 2.45) is 5.10 Å². The Hall–Kier alpha value is -2.93. The summed E-state index contributed by atoms with van der Waals surface area (Å²) < 4.78 is 12.8. The Morgan fingerprint density at radius 3 is 3.04 bits per heavy atom. The van der Waals surface area contributed by atoms with E-state index in [9.17, 15) is 0 Å². The predicted octanol–water partition coefficient (Wildman–Crippen LogP) is 4.54. The maximum atomic E-state index is 5.54. The number of allylic oxidation sites excluding steroid dienone is 1. The molecule has 2 aromatic heterocycles. The van der Waals surface area contributed by atoms with Gasteiger partial charge in [0.2, 0.25) is 4.77 Å². The quantitative estimate of drug-likeness (QED) is 0.521. The molecule has 25 heavy (non-hydrogen) atoms. The summed E-state index contributed by atoms with van der Waals surface area (Å²) in [4.78, 5) is 0. The summed E-state index contributed by atoms with van der Waals surface area (Å²) in [5.41, 5.74) is 1.79. The second-order valence-corrected chi connectivity index (χ2v) is 5.66. The summed E-state index contributed by atoms with van der Waals surface area (Å²) in [6, 6.07) is 11.4. The average Bonchev–Trinajstić information content (AvgIpc) is 3.23. The fraction of sp³-hybridized carbons (Fsp3) is 0.167. The molecule has 0 aliphatic heterocycles. The zero-order valence-corrected chi connectivity index (χ0v) is 14.8.